The van der Waals surface area contributed by atoms with Crippen LogP contribution in [0, 0.1) is 0 Å². The van der Waals surface area contributed by atoms with Crippen LogP contribution in [-0.4, -0.2) is 34.5 Å². The second kappa shape index (κ2) is 7.11. The predicted octanol–water partition coefficient (Wildman–Crippen LogP) is 2.95. The van der Waals surface area contributed by atoms with Crippen molar-refractivity contribution < 1.29 is 4.52 Å². The molecule has 0 aliphatic carbocycles. The second-order valence-electron chi connectivity index (χ2n) is 5.86. The lowest BCUT2D eigenvalue weighted by Gasteiger charge is -2.25. The zero-order valence-electron chi connectivity index (χ0n) is 13.3. The summed E-state index contributed by atoms with van der Waals surface area (Å²) >= 11 is 1.66. The van der Waals surface area contributed by atoms with Gasteiger partial charge in [-0.2, -0.15) is 5.10 Å². The van der Waals surface area contributed by atoms with Gasteiger partial charge in [0.05, 0.1) is 10.6 Å². The first-order chi connectivity index (χ1) is 11.9. The molecule has 1 fully saturated rings. The van der Waals surface area contributed by atoms with Gasteiger partial charge in [0.1, 0.15) is 0 Å². The molecule has 1 aliphatic rings. The van der Waals surface area contributed by atoms with Gasteiger partial charge in [-0.25, -0.2) is 0 Å². The minimum atomic E-state index is 0.449. The third-order valence-corrected chi connectivity index (χ3v) is 5.12. The third kappa shape index (κ3) is 3.32. The Labute approximate surface area is 144 Å². The standard InChI is InChI=1S/C17H19N5OS/c1-6-17(20-19-7-1)22-8-2-4-14(22)12-18-11-13-10-15(23-21-13)16-5-3-9-24-16/h1,3,5-7,9-10,14,18H,2,4,8,11-12H2/t14-/m0/s1. The van der Waals surface area contributed by atoms with E-state index < -0.39 is 0 Å². The molecule has 6 nitrogen and oxygen atoms in total. The molecule has 3 aromatic heterocycles. The van der Waals surface area contributed by atoms with E-state index in [1.165, 1.54) is 12.8 Å². The van der Waals surface area contributed by atoms with Crippen molar-refractivity contribution in [1.29, 1.82) is 0 Å². The summed E-state index contributed by atoms with van der Waals surface area (Å²) in [5.41, 5.74) is 0.933. The topological polar surface area (TPSA) is 67.1 Å². The minimum absolute atomic E-state index is 0.449. The normalized spacial score (nSPS) is 17.5. The molecule has 0 spiro atoms. The van der Waals surface area contributed by atoms with Crippen LogP contribution in [0.25, 0.3) is 10.6 Å². The number of aromatic nitrogens is 3. The van der Waals surface area contributed by atoms with Gasteiger partial charge < -0.3 is 14.7 Å². The number of rotatable bonds is 6. The largest absolute Gasteiger partial charge is 0.355 e. The van der Waals surface area contributed by atoms with Crippen LogP contribution in [0.1, 0.15) is 18.5 Å². The molecule has 0 amide bonds. The van der Waals surface area contributed by atoms with Crippen LogP contribution < -0.4 is 10.2 Å². The third-order valence-electron chi connectivity index (χ3n) is 4.24. The van der Waals surface area contributed by atoms with Gasteiger partial charge in [0.15, 0.2) is 11.6 Å². The summed E-state index contributed by atoms with van der Waals surface area (Å²) in [6.45, 7) is 2.65. The summed E-state index contributed by atoms with van der Waals surface area (Å²) in [4.78, 5) is 3.44. The molecule has 0 unspecified atom stereocenters. The molecule has 4 rings (SSSR count). The Morgan fingerprint density at radius 1 is 1.33 bits per heavy atom. The van der Waals surface area contributed by atoms with Crippen LogP contribution in [0.4, 0.5) is 5.82 Å². The van der Waals surface area contributed by atoms with Gasteiger partial charge in [-0.15, -0.1) is 16.4 Å². The summed E-state index contributed by atoms with van der Waals surface area (Å²) in [5.74, 6) is 1.80. The molecule has 1 saturated heterocycles. The lowest BCUT2D eigenvalue weighted by Crippen LogP contribution is -2.38. The molecular weight excluding hydrogens is 322 g/mol. The zero-order chi connectivity index (χ0) is 16.2. The highest BCUT2D eigenvalue weighted by Crippen LogP contribution is 2.25. The summed E-state index contributed by atoms with van der Waals surface area (Å²) in [6, 6.07) is 10.5. The maximum atomic E-state index is 5.41. The van der Waals surface area contributed by atoms with Crippen LogP contribution in [0.2, 0.25) is 0 Å². The first-order valence-electron chi connectivity index (χ1n) is 8.15. The van der Waals surface area contributed by atoms with Gasteiger partial charge in [0.25, 0.3) is 0 Å². The van der Waals surface area contributed by atoms with E-state index in [4.69, 9.17) is 4.52 Å². The van der Waals surface area contributed by atoms with Crippen molar-refractivity contribution in [2.45, 2.75) is 25.4 Å². The predicted molar refractivity (Wildman–Crippen MR) is 93.9 cm³/mol. The number of hydrogen-bond donors (Lipinski definition) is 1. The molecule has 1 aliphatic heterocycles. The Bertz CT molecular complexity index is 758. The van der Waals surface area contributed by atoms with Gasteiger partial charge in [-0.05, 0) is 36.4 Å². The Morgan fingerprint density at radius 3 is 3.17 bits per heavy atom. The average Bonchev–Trinajstić information content (AvgIpc) is 3.37. The smallest absolute Gasteiger partial charge is 0.177 e. The SMILES string of the molecule is c1cnnc(N2CCC[C@H]2CNCc2cc(-c3cccs3)on2)c1. The quantitative estimate of drug-likeness (QED) is 0.743. The van der Waals surface area contributed by atoms with Crippen molar-refractivity contribution in [3.05, 3.63) is 47.6 Å². The molecular formula is C17H19N5OS. The van der Waals surface area contributed by atoms with E-state index in [0.29, 0.717) is 12.6 Å². The molecule has 0 radical (unpaired) electrons. The lowest BCUT2D eigenvalue weighted by molar-refractivity contribution is 0.419. The van der Waals surface area contributed by atoms with Crippen molar-refractivity contribution in [2.24, 2.45) is 0 Å². The van der Waals surface area contributed by atoms with Gasteiger partial charge in [0, 0.05) is 37.9 Å². The molecule has 4 heterocycles. The summed E-state index contributed by atoms with van der Waals surface area (Å²) in [5, 5.41) is 17.9. The lowest BCUT2D eigenvalue weighted by atomic mass is 10.2. The molecule has 0 saturated carbocycles. The van der Waals surface area contributed by atoms with Crippen LogP contribution in [0.15, 0.2) is 46.4 Å². The van der Waals surface area contributed by atoms with Gasteiger partial charge in [-0.3, -0.25) is 0 Å². The fraction of sp³-hybridized carbons (Fsp3) is 0.353. The van der Waals surface area contributed by atoms with E-state index in [-0.39, 0.29) is 0 Å². The van der Waals surface area contributed by atoms with Gasteiger partial charge in [0.2, 0.25) is 0 Å². The minimum Gasteiger partial charge on any atom is -0.355 e. The van der Waals surface area contributed by atoms with E-state index in [0.717, 1.165) is 35.2 Å². The summed E-state index contributed by atoms with van der Waals surface area (Å²) in [7, 11) is 0. The maximum Gasteiger partial charge on any atom is 0.177 e. The Kier molecular flexibility index (Phi) is 4.53. The summed E-state index contributed by atoms with van der Waals surface area (Å²) in [6.07, 6.45) is 4.07. The molecule has 24 heavy (non-hydrogen) atoms. The first-order valence-corrected chi connectivity index (χ1v) is 9.02. The van der Waals surface area contributed by atoms with Crippen LogP contribution in [0.3, 0.4) is 0 Å². The molecule has 7 heteroatoms. The van der Waals surface area contributed by atoms with E-state index in [1.54, 1.807) is 17.5 Å². The van der Waals surface area contributed by atoms with Crippen LogP contribution in [-0.2, 0) is 6.54 Å². The second-order valence-corrected chi connectivity index (χ2v) is 6.81. The van der Waals surface area contributed by atoms with Gasteiger partial charge >= 0.3 is 0 Å². The van der Waals surface area contributed by atoms with E-state index in [2.05, 4.69) is 25.6 Å². The fourth-order valence-electron chi connectivity index (χ4n) is 3.09. The molecule has 1 atom stereocenters. The molecule has 1 N–H and O–H groups in total. The number of anilines is 1. The highest BCUT2D eigenvalue weighted by Gasteiger charge is 2.25. The zero-order valence-corrected chi connectivity index (χ0v) is 14.1. The van der Waals surface area contributed by atoms with Crippen LogP contribution in [0.5, 0.6) is 0 Å². The van der Waals surface area contributed by atoms with Crippen molar-refractivity contribution in [3.8, 4) is 10.6 Å². The highest BCUT2D eigenvalue weighted by atomic mass is 32.1. The average molecular weight is 341 g/mol. The number of nitrogens with zero attached hydrogens (tertiary/aromatic N) is 4. The Hall–Kier alpha value is -2.25. The van der Waals surface area contributed by atoms with Crippen molar-refractivity contribution >= 4 is 17.2 Å². The molecule has 0 bridgehead atoms. The maximum absolute atomic E-state index is 5.41. The first kappa shape index (κ1) is 15.3. The number of hydrogen-bond acceptors (Lipinski definition) is 7. The van der Waals surface area contributed by atoms with Crippen molar-refractivity contribution in [3.63, 3.8) is 0 Å². The van der Waals surface area contributed by atoms with Crippen molar-refractivity contribution in [2.75, 3.05) is 18.0 Å². The molecule has 0 aromatic carbocycles. The van der Waals surface area contributed by atoms with Gasteiger partial charge in [-0.1, -0.05) is 11.2 Å². The van der Waals surface area contributed by atoms with E-state index in [9.17, 15) is 0 Å². The molecule has 3 aromatic rings. The van der Waals surface area contributed by atoms with E-state index >= 15 is 0 Å². The molecule has 124 valence electrons. The number of nitrogens with one attached hydrogen (secondary N) is 1. The Morgan fingerprint density at radius 2 is 2.33 bits per heavy atom. The fourth-order valence-corrected chi connectivity index (χ4v) is 3.77. The van der Waals surface area contributed by atoms with Crippen LogP contribution >= 0.6 is 11.3 Å². The highest BCUT2D eigenvalue weighted by molar-refractivity contribution is 7.13. The van der Waals surface area contributed by atoms with Crippen molar-refractivity contribution in [1.82, 2.24) is 20.7 Å². The monoisotopic (exact) mass is 341 g/mol. The van der Waals surface area contributed by atoms with E-state index in [1.807, 2.05) is 35.7 Å². The Balaban J connectivity index is 1.32. The summed E-state index contributed by atoms with van der Waals surface area (Å²) < 4.78 is 5.41. The number of thiophene rings is 1.